The monoisotopic (exact) mass is 433 g/mol. The van der Waals surface area contributed by atoms with Crippen LogP contribution in [0.4, 0.5) is 5.69 Å². The molecule has 0 bridgehead atoms. The van der Waals surface area contributed by atoms with Crippen molar-refractivity contribution < 1.29 is 4.79 Å². The van der Waals surface area contributed by atoms with Gasteiger partial charge < -0.3 is 11.2 Å². The summed E-state index contributed by atoms with van der Waals surface area (Å²) in [6.07, 6.45) is 2.14. The fourth-order valence-electron chi connectivity index (χ4n) is 2.83. The summed E-state index contributed by atoms with van der Waals surface area (Å²) in [7, 11) is 0. The molecule has 0 radical (unpaired) electrons. The average molecular weight is 434 g/mol. The molecule has 1 saturated carbocycles. The molecule has 1 atom stereocenters. The molecule has 6 nitrogen and oxygen atoms in total. The Morgan fingerprint density at radius 3 is 2.46 bits per heavy atom. The summed E-state index contributed by atoms with van der Waals surface area (Å²) in [5.41, 5.74) is 1.35. The topological polar surface area (TPSA) is 85.8 Å². The molecule has 0 aliphatic heterocycles. The van der Waals surface area contributed by atoms with Gasteiger partial charge in [-0.1, -0.05) is 65.3 Å². The number of carbonyl (C=O) groups is 1. The molecule has 0 spiro atoms. The van der Waals surface area contributed by atoms with Crippen molar-refractivity contribution >= 4 is 46.6 Å². The van der Waals surface area contributed by atoms with Crippen molar-refractivity contribution in [2.75, 3.05) is 11.2 Å². The zero-order valence-electron chi connectivity index (χ0n) is 14.7. The Morgan fingerprint density at radius 2 is 1.82 bits per heavy atom. The molecule has 0 saturated heterocycles. The Balaban J connectivity index is 1.61. The number of hydrogen-bond acceptors (Lipinski definition) is 5. The fourth-order valence-corrected chi connectivity index (χ4v) is 4.32. The SMILES string of the molecule is Nn1c(S[C@H](C(=O)Nc2cc(Cl)cc(Cl)c2)c2ccccc2)nnc1C1CC1. The van der Waals surface area contributed by atoms with Crippen LogP contribution >= 0.6 is 35.0 Å². The third-order valence-corrected chi connectivity index (χ3v) is 5.97. The van der Waals surface area contributed by atoms with E-state index in [1.165, 1.54) is 16.4 Å². The number of nitrogens with two attached hydrogens (primary N) is 1. The molecule has 1 heterocycles. The molecular weight excluding hydrogens is 417 g/mol. The van der Waals surface area contributed by atoms with E-state index in [0.717, 1.165) is 24.2 Å². The Hall–Kier alpha value is -2.22. The molecule has 28 heavy (non-hydrogen) atoms. The zero-order valence-corrected chi connectivity index (χ0v) is 17.0. The number of nitrogens with one attached hydrogen (secondary N) is 1. The van der Waals surface area contributed by atoms with Gasteiger partial charge in [-0.05, 0) is 36.6 Å². The van der Waals surface area contributed by atoms with Crippen molar-refractivity contribution in [3.05, 3.63) is 70.0 Å². The van der Waals surface area contributed by atoms with Gasteiger partial charge in [-0.25, -0.2) is 4.68 Å². The fraction of sp³-hybridized carbons (Fsp3) is 0.211. The summed E-state index contributed by atoms with van der Waals surface area (Å²) in [4.78, 5) is 13.1. The summed E-state index contributed by atoms with van der Waals surface area (Å²) < 4.78 is 1.49. The first kappa shape index (κ1) is 19.1. The highest BCUT2D eigenvalue weighted by molar-refractivity contribution is 8.00. The lowest BCUT2D eigenvalue weighted by atomic mass is 10.1. The lowest BCUT2D eigenvalue weighted by Gasteiger charge is -2.17. The third-order valence-electron chi connectivity index (χ3n) is 4.33. The van der Waals surface area contributed by atoms with Crippen molar-refractivity contribution in [1.82, 2.24) is 14.9 Å². The van der Waals surface area contributed by atoms with Crippen LogP contribution in [0, 0.1) is 0 Å². The number of benzene rings is 2. The summed E-state index contributed by atoms with van der Waals surface area (Å²) in [6, 6.07) is 14.4. The Morgan fingerprint density at radius 1 is 1.14 bits per heavy atom. The molecular formula is C19H17Cl2N5OS. The Bertz CT molecular complexity index is 987. The second-order valence-corrected chi connectivity index (χ2v) is 8.49. The van der Waals surface area contributed by atoms with Gasteiger partial charge in [0.15, 0.2) is 5.82 Å². The maximum Gasteiger partial charge on any atom is 0.242 e. The lowest BCUT2D eigenvalue weighted by molar-refractivity contribution is -0.115. The van der Waals surface area contributed by atoms with Crippen LogP contribution < -0.4 is 11.2 Å². The van der Waals surface area contributed by atoms with Crippen LogP contribution in [0.3, 0.4) is 0 Å². The van der Waals surface area contributed by atoms with Gasteiger partial charge in [0, 0.05) is 21.7 Å². The first-order valence-electron chi connectivity index (χ1n) is 8.70. The van der Waals surface area contributed by atoms with E-state index in [0.29, 0.717) is 26.8 Å². The highest BCUT2D eigenvalue weighted by Gasteiger charge is 2.31. The summed E-state index contributed by atoms with van der Waals surface area (Å²) in [5.74, 6) is 7.06. The molecule has 3 aromatic rings. The number of hydrogen-bond donors (Lipinski definition) is 2. The summed E-state index contributed by atoms with van der Waals surface area (Å²) >= 11 is 13.3. The van der Waals surface area contributed by atoms with E-state index in [1.54, 1.807) is 18.2 Å². The molecule has 1 aromatic heterocycles. The van der Waals surface area contributed by atoms with Crippen molar-refractivity contribution in [2.45, 2.75) is 29.2 Å². The van der Waals surface area contributed by atoms with Gasteiger partial charge >= 0.3 is 0 Å². The number of aromatic nitrogens is 3. The zero-order chi connectivity index (χ0) is 19.7. The molecule has 1 fully saturated rings. The number of anilines is 1. The average Bonchev–Trinajstić information content (AvgIpc) is 3.43. The van der Waals surface area contributed by atoms with Crippen LogP contribution in [-0.4, -0.2) is 20.8 Å². The van der Waals surface area contributed by atoms with Gasteiger partial charge in [0.25, 0.3) is 0 Å². The van der Waals surface area contributed by atoms with Crippen LogP contribution in [0.2, 0.25) is 10.0 Å². The quantitative estimate of drug-likeness (QED) is 0.436. The molecule has 0 unspecified atom stereocenters. The van der Waals surface area contributed by atoms with Crippen molar-refractivity contribution in [3.63, 3.8) is 0 Å². The first-order valence-corrected chi connectivity index (χ1v) is 10.3. The molecule has 1 amide bonds. The summed E-state index contributed by atoms with van der Waals surface area (Å²) in [6.45, 7) is 0. The standard InChI is InChI=1S/C19H17Cl2N5OS/c20-13-8-14(21)10-15(9-13)23-18(27)16(11-4-2-1-3-5-11)28-19-25-24-17(26(19)22)12-6-7-12/h1-5,8-10,12,16H,6-7,22H2,(H,23,27)/t16-/m0/s1. The van der Waals surface area contributed by atoms with Crippen molar-refractivity contribution in [2.24, 2.45) is 0 Å². The van der Waals surface area contributed by atoms with E-state index < -0.39 is 5.25 Å². The molecule has 9 heteroatoms. The van der Waals surface area contributed by atoms with Crippen LogP contribution in [0.25, 0.3) is 0 Å². The van der Waals surface area contributed by atoms with E-state index in [4.69, 9.17) is 29.0 Å². The Kier molecular flexibility index (Phi) is 5.48. The molecule has 1 aliphatic carbocycles. The van der Waals surface area contributed by atoms with Crippen LogP contribution in [0.15, 0.2) is 53.7 Å². The second kappa shape index (κ2) is 8.03. The van der Waals surface area contributed by atoms with E-state index in [-0.39, 0.29) is 5.91 Å². The van der Waals surface area contributed by atoms with E-state index in [9.17, 15) is 4.79 Å². The third kappa shape index (κ3) is 4.27. The smallest absolute Gasteiger partial charge is 0.242 e. The minimum atomic E-state index is -0.572. The predicted molar refractivity (Wildman–Crippen MR) is 112 cm³/mol. The van der Waals surface area contributed by atoms with Crippen LogP contribution in [0.1, 0.15) is 35.4 Å². The van der Waals surface area contributed by atoms with Crippen LogP contribution in [0.5, 0.6) is 0 Å². The molecule has 144 valence electrons. The van der Waals surface area contributed by atoms with Gasteiger partial charge in [0.2, 0.25) is 11.1 Å². The minimum Gasteiger partial charge on any atom is -0.336 e. The molecule has 2 aromatic carbocycles. The number of halogens is 2. The predicted octanol–water partition coefficient (Wildman–Crippen LogP) is 4.65. The van der Waals surface area contributed by atoms with Gasteiger partial charge in [-0.2, -0.15) is 0 Å². The van der Waals surface area contributed by atoms with Gasteiger partial charge in [0.05, 0.1) is 0 Å². The van der Waals surface area contributed by atoms with Crippen LogP contribution in [-0.2, 0) is 4.79 Å². The normalized spacial score (nSPS) is 14.6. The van der Waals surface area contributed by atoms with E-state index in [2.05, 4.69) is 15.5 Å². The minimum absolute atomic E-state index is 0.231. The largest absolute Gasteiger partial charge is 0.336 e. The Labute approximate surface area is 176 Å². The number of rotatable bonds is 6. The highest BCUT2D eigenvalue weighted by Crippen LogP contribution is 2.41. The number of carbonyl (C=O) groups excluding carboxylic acids is 1. The summed E-state index contributed by atoms with van der Waals surface area (Å²) in [5, 5.41) is 12.1. The maximum absolute atomic E-state index is 13.1. The maximum atomic E-state index is 13.1. The van der Waals surface area contributed by atoms with Gasteiger partial charge in [-0.15, -0.1) is 10.2 Å². The van der Waals surface area contributed by atoms with Gasteiger partial charge in [0.1, 0.15) is 5.25 Å². The number of nitrogen functional groups attached to an aromatic ring is 1. The molecule has 4 rings (SSSR count). The number of thioether (sulfide) groups is 1. The van der Waals surface area contributed by atoms with Crippen molar-refractivity contribution in [3.8, 4) is 0 Å². The number of amides is 1. The number of nitrogens with zero attached hydrogens (tertiary/aromatic N) is 3. The van der Waals surface area contributed by atoms with E-state index >= 15 is 0 Å². The first-order chi connectivity index (χ1) is 13.5. The van der Waals surface area contributed by atoms with Gasteiger partial charge in [-0.3, -0.25) is 4.79 Å². The lowest BCUT2D eigenvalue weighted by Crippen LogP contribution is -2.21. The second-order valence-electron chi connectivity index (χ2n) is 6.54. The molecule has 3 N–H and O–H groups in total. The molecule has 1 aliphatic rings. The highest BCUT2D eigenvalue weighted by atomic mass is 35.5. The van der Waals surface area contributed by atoms with E-state index in [1.807, 2.05) is 30.3 Å². The van der Waals surface area contributed by atoms with Crippen molar-refractivity contribution in [1.29, 1.82) is 0 Å².